The number of nitrogens with one attached hydrogen (secondary N) is 1. The summed E-state index contributed by atoms with van der Waals surface area (Å²) in [7, 11) is 0. The smallest absolute Gasteiger partial charge is 0.273 e. The number of benzene rings is 1. The molecule has 2 aromatic heterocycles. The largest absolute Gasteiger partial charge is 0.366 e. The van der Waals surface area contributed by atoms with E-state index in [0.29, 0.717) is 40.8 Å². The summed E-state index contributed by atoms with van der Waals surface area (Å²) in [5.74, 6) is -3.31. The molecule has 1 aromatic carbocycles. The van der Waals surface area contributed by atoms with Gasteiger partial charge in [-0.3, -0.25) is 4.90 Å². The molecule has 1 N–H and O–H groups in total. The SMILES string of the molecule is Cc1nc(N[C@H](C)c2cccc(C(C)(F)F)c2F)c2cc(N3CCN(C(C)C)CC3)c(Cl)nc2n1. The molecule has 0 radical (unpaired) electrons. The Hall–Kier alpha value is -2.65. The Morgan fingerprint density at radius 3 is 2.37 bits per heavy atom. The fourth-order valence-corrected chi connectivity index (χ4v) is 4.70. The Kier molecular flexibility index (Phi) is 7.11. The van der Waals surface area contributed by atoms with Gasteiger partial charge in [-0.05, 0) is 33.8 Å². The second-order valence-corrected chi connectivity index (χ2v) is 9.73. The van der Waals surface area contributed by atoms with Crippen molar-refractivity contribution in [2.75, 3.05) is 36.4 Å². The molecule has 0 saturated carbocycles. The van der Waals surface area contributed by atoms with Crippen molar-refractivity contribution in [3.05, 3.63) is 52.2 Å². The van der Waals surface area contributed by atoms with E-state index in [1.807, 2.05) is 6.07 Å². The van der Waals surface area contributed by atoms with Crippen LogP contribution in [-0.2, 0) is 5.92 Å². The van der Waals surface area contributed by atoms with Gasteiger partial charge < -0.3 is 10.2 Å². The van der Waals surface area contributed by atoms with Crippen LogP contribution >= 0.6 is 11.6 Å². The van der Waals surface area contributed by atoms with Gasteiger partial charge in [-0.2, -0.15) is 0 Å². The number of hydrogen-bond donors (Lipinski definition) is 1. The second kappa shape index (κ2) is 9.78. The summed E-state index contributed by atoms with van der Waals surface area (Å²) in [5, 5.41) is 4.18. The van der Waals surface area contributed by atoms with Crippen molar-refractivity contribution in [1.29, 1.82) is 0 Å². The minimum Gasteiger partial charge on any atom is -0.366 e. The molecular formula is C25H30ClF3N6. The van der Waals surface area contributed by atoms with Gasteiger partial charge in [0.25, 0.3) is 5.92 Å². The van der Waals surface area contributed by atoms with Crippen LogP contribution in [0.1, 0.15) is 50.7 Å². The number of alkyl halides is 2. The number of anilines is 2. The predicted octanol–water partition coefficient (Wildman–Crippen LogP) is 5.94. The summed E-state index contributed by atoms with van der Waals surface area (Å²) in [6, 6.07) is 5.77. The van der Waals surface area contributed by atoms with E-state index in [2.05, 4.69) is 43.9 Å². The Bertz CT molecular complexity index is 1220. The first-order valence-electron chi connectivity index (χ1n) is 11.7. The summed E-state index contributed by atoms with van der Waals surface area (Å²) in [6.07, 6.45) is 0. The minimum atomic E-state index is -3.28. The van der Waals surface area contributed by atoms with Gasteiger partial charge in [-0.25, -0.2) is 28.1 Å². The molecule has 4 rings (SSSR count). The number of pyridine rings is 1. The van der Waals surface area contributed by atoms with Crippen molar-refractivity contribution in [3.63, 3.8) is 0 Å². The van der Waals surface area contributed by atoms with E-state index < -0.39 is 23.3 Å². The Morgan fingerprint density at radius 2 is 1.74 bits per heavy atom. The molecule has 0 aliphatic carbocycles. The van der Waals surface area contributed by atoms with E-state index >= 15 is 0 Å². The van der Waals surface area contributed by atoms with Crippen LogP contribution in [0.4, 0.5) is 24.7 Å². The van der Waals surface area contributed by atoms with Crippen LogP contribution in [0, 0.1) is 12.7 Å². The van der Waals surface area contributed by atoms with Crippen molar-refractivity contribution in [2.45, 2.75) is 52.6 Å². The van der Waals surface area contributed by atoms with Gasteiger partial charge >= 0.3 is 0 Å². The van der Waals surface area contributed by atoms with Gasteiger partial charge in [0.1, 0.15) is 17.5 Å². The number of fused-ring (bicyclic) bond motifs is 1. The molecule has 0 unspecified atom stereocenters. The molecular weight excluding hydrogens is 477 g/mol. The fourth-order valence-electron chi connectivity index (χ4n) is 4.45. The van der Waals surface area contributed by atoms with E-state index in [1.165, 1.54) is 12.1 Å². The Labute approximate surface area is 208 Å². The van der Waals surface area contributed by atoms with Crippen LogP contribution in [-0.4, -0.2) is 52.1 Å². The van der Waals surface area contributed by atoms with Crippen LogP contribution in [0.15, 0.2) is 24.3 Å². The normalized spacial score (nSPS) is 16.2. The number of nitrogens with zero attached hydrogens (tertiary/aromatic N) is 5. The summed E-state index contributed by atoms with van der Waals surface area (Å²) in [5.41, 5.74) is 0.685. The zero-order valence-electron chi connectivity index (χ0n) is 20.5. The van der Waals surface area contributed by atoms with Crippen molar-refractivity contribution >= 4 is 34.1 Å². The third-order valence-electron chi connectivity index (χ3n) is 6.44. The first-order valence-corrected chi connectivity index (χ1v) is 12.1. The van der Waals surface area contributed by atoms with Crippen molar-refractivity contribution in [2.24, 2.45) is 0 Å². The fraction of sp³-hybridized carbons (Fsp3) is 0.480. The topological polar surface area (TPSA) is 57.2 Å². The van der Waals surface area contributed by atoms with Gasteiger partial charge in [0.05, 0.1) is 22.7 Å². The maximum absolute atomic E-state index is 15.0. The standard InChI is InChI=1S/C25H30ClF3N6/c1-14(2)34-9-11-35(12-10-34)20-13-18-23(31-16(4)32-24(18)33-22(20)26)30-15(3)17-7-6-8-19(21(17)27)25(5,28)29/h6-8,13-15H,9-12H2,1-5H3,(H,30,31,32,33)/t15-/m1/s1. The van der Waals surface area contributed by atoms with Crippen LogP contribution < -0.4 is 10.2 Å². The van der Waals surface area contributed by atoms with Gasteiger partial charge in [-0.15, -0.1) is 0 Å². The van der Waals surface area contributed by atoms with Crippen LogP contribution in [0.2, 0.25) is 5.15 Å². The first kappa shape index (κ1) is 25.4. The van der Waals surface area contributed by atoms with Crippen molar-refractivity contribution < 1.29 is 13.2 Å². The summed E-state index contributed by atoms with van der Waals surface area (Å²) in [4.78, 5) is 18.0. The van der Waals surface area contributed by atoms with E-state index in [0.717, 1.165) is 37.9 Å². The van der Waals surface area contributed by atoms with Crippen LogP contribution in [0.5, 0.6) is 0 Å². The number of rotatable bonds is 6. The highest BCUT2D eigenvalue weighted by Gasteiger charge is 2.30. The second-order valence-electron chi connectivity index (χ2n) is 9.37. The molecule has 1 fully saturated rings. The molecule has 0 spiro atoms. The van der Waals surface area contributed by atoms with Gasteiger partial charge in [0.2, 0.25) is 0 Å². The Balaban J connectivity index is 1.69. The summed E-state index contributed by atoms with van der Waals surface area (Å²) < 4.78 is 42.7. The van der Waals surface area contributed by atoms with E-state index in [9.17, 15) is 13.2 Å². The number of aryl methyl sites for hydroxylation is 1. The molecule has 1 saturated heterocycles. The molecule has 3 aromatic rings. The number of hydrogen-bond acceptors (Lipinski definition) is 6. The lowest BCUT2D eigenvalue weighted by Crippen LogP contribution is -2.49. The van der Waals surface area contributed by atoms with Crippen molar-refractivity contribution in [1.82, 2.24) is 19.9 Å². The van der Waals surface area contributed by atoms with Crippen LogP contribution in [0.25, 0.3) is 11.0 Å². The lowest BCUT2D eigenvalue weighted by molar-refractivity contribution is 0.0136. The highest BCUT2D eigenvalue weighted by Crippen LogP contribution is 2.35. The molecule has 10 heteroatoms. The third kappa shape index (κ3) is 5.30. The van der Waals surface area contributed by atoms with E-state index in [4.69, 9.17) is 11.6 Å². The summed E-state index contributed by atoms with van der Waals surface area (Å²) >= 11 is 6.55. The molecule has 1 aliphatic rings. The maximum atomic E-state index is 15.0. The molecule has 0 amide bonds. The number of aromatic nitrogens is 3. The molecule has 35 heavy (non-hydrogen) atoms. The highest BCUT2D eigenvalue weighted by atomic mass is 35.5. The average molecular weight is 507 g/mol. The Morgan fingerprint density at radius 1 is 1.06 bits per heavy atom. The zero-order chi connectivity index (χ0) is 25.5. The quantitative estimate of drug-likeness (QED) is 0.417. The van der Waals surface area contributed by atoms with Crippen LogP contribution in [0.3, 0.4) is 0 Å². The lowest BCUT2D eigenvalue weighted by atomic mass is 10.0. The molecule has 6 nitrogen and oxygen atoms in total. The van der Waals surface area contributed by atoms with E-state index in [1.54, 1.807) is 13.8 Å². The summed E-state index contributed by atoms with van der Waals surface area (Å²) in [6.45, 7) is 11.9. The lowest BCUT2D eigenvalue weighted by Gasteiger charge is -2.38. The van der Waals surface area contributed by atoms with Gasteiger partial charge in [0, 0.05) is 44.7 Å². The predicted molar refractivity (Wildman–Crippen MR) is 134 cm³/mol. The van der Waals surface area contributed by atoms with Crippen molar-refractivity contribution in [3.8, 4) is 0 Å². The molecule has 188 valence electrons. The molecule has 1 atom stereocenters. The highest BCUT2D eigenvalue weighted by molar-refractivity contribution is 6.32. The third-order valence-corrected chi connectivity index (χ3v) is 6.72. The molecule has 3 heterocycles. The number of halogens is 4. The van der Waals surface area contributed by atoms with E-state index in [-0.39, 0.29) is 5.56 Å². The van der Waals surface area contributed by atoms with Gasteiger partial charge in [0.15, 0.2) is 10.8 Å². The number of piperazine rings is 1. The molecule has 1 aliphatic heterocycles. The zero-order valence-corrected chi connectivity index (χ0v) is 21.3. The monoisotopic (exact) mass is 506 g/mol. The molecule has 0 bridgehead atoms. The average Bonchev–Trinajstić information content (AvgIpc) is 2.78. The van der Waals surface area contributed by atoms with Gasteiger partial charge in [-0.1, -0.05) is 29.8 Å². The maximum Gasteiger partial charge on any atom is 0.273 e. The minimum absolute atomic E-state index is 0.125. The first-order chi connectivity index (χ1) is 16.5.